The number of benzene rings is 2. The summed E-state index contributed by atoms with van der Waals surface area (Å²) in [6, 6.07) is 14.1. The van der Waals surface area contributed by atoms with E-state index in [0.717, 1.165) is 17.7 Å². The van der Waals surface area contributed by atoms with Crippen LogP contribution in [-0.4, -0.2) is 13.8 Å². The van der Waals surface area contributed by atoms with E-state index in [-0.39, 0.29) is 6.79 Å². The highest BCUT2D eigenvalue weighted by molar-refractivity contribution is 6.73. The highest BCUT2D eigenvalue weighted by Gasteiger charge is 2.24. The molecule has 0 aliphatic carbocycles. The van der Waals surface area contributed by atoms with E-state index in [1.54, 1.807) is 0 Å². The van der Waals surface area contributed by atoms with Crippen molar-refractivity contribution in [1.29, 1.82) is 0 Å². The highest BCUT2D eigenvalue weighted by Crippen LogP contribution is 2.13. The van der Waals surface area contributed by atoms with Gasteiger partial charge in [0, 0.05) is 0 Å². The molecule has 0 spiro atoms. The molecule has 0 saturated carbocycles. The smallest absolute Gasteiger partial charge is 0.468 e. The summed E-state index contributed by atoms with van der Waals surface area (Å²) in [4.78, 5) is 0. The number of hydrogen-bond acceptors (Lipinski definition) is 2. The van der Waals surface area contributed by atoms with Crippen LogP contribution < -0.4 is 10.2 Å². The van der Waals surface area contributed by atoms with Crippen LogP contribution in [-0.2, 0) is 11.3 Å². The summed E-state index contributed by atoms with van der Waals surface area (Å²) in [6.07, 6.45) is 0. The molecule has 0 fully saturated rings. The molecule has 6 heteroatoms. The van der Waals surface area contributed by atoms with Crippen molar-refractivity contribution in [2.75, 3.05) is 6.79 Å². The summed E-state index contributed by atoms with van der Waals surface area (Å²) in [5.74, 6) is 0.349. The minimum atomic E-state index is -4.96. The zero-order valence-electron chi connectivity index (χ0n) is 10.6. The Kier molecular flexibility index (Phi) is 4.68. The summed E-state index contributed by atoms with van der Waals surface area (Å²) < 4.78 is 47.7. The van der Waals surface area contributed by atoms with Crippen molar-refractivity contribution >= 4 is 12.4 Å². The topological polar surface area (TPSA) is 18.5 Å². The van der Waals surface area contributed by atoms with E-state index < -0.39 is 12.4 Å². The number of rotatable bonds is 6. The van der Waals surface area contributed by atoms with Crippen molar-refractivity contribution in [3.05, 3.63) is 60.2 Å². The average Bonchev–Trinajstić information content (AvgIpc) is 2.44. The minimum Gasteiger partial charge on any atom is -0.468 e. The Morgan fingerprint density at radius 3 is 2.10 bits per heavy atom. The quantitative estimate of drug-likeness (QED) is 0.459. The number of hydrogen-bond donors (Lipinski definition) is 0. The van der Waals surface area contributed by atoms with Crippen molar-refractivity contribution in [3.8, 4) is 5.75 Å². The molecule has 0 radical (unpaired) electrons. The van der Waals surface area contributed by atoms with Crippen LogP contribution in [0.25, 0.3) is 0 Å². The second kappa shape index (κ2) is 6.48. The van der Waals surface area contributed by atoms with Gasteiger partial charge < -0.3 is 22.4 Å². The van der Waals surface area contributed by atoms with Crippen LogP contribution in [0, 0.1) is 0 Å². The van der Waals surface area contributed by atoms with Gasteiger partial charge in [0.1, 0.15) is 5.75 Å². The van der Waals surface area contributed by atoms with Crippen molar-refractivity contribution < 1.29 is 22.4 Å². The van der Waals surface area contributed by atoms with E-state index >= 15 is 0 Å². The second-order valence-electron chi connectivity index (χ2n) is 4.24. The van der Waals surface area contributed by atoms with Crippen LogP contribution >= 0.6 is 0 Å². The van der Waals surface area contributed by atoms with Crippen molar-refractivity contribution in [1.82, 2.24) is 0 Å². The monoisotopic (exact) mass is 281 g/mol. The van der Waals surface area contributed by atoms with Crippen LogP contribution in [0.3, 0.4) is 0 Å². The molecular formula is C14H13BF3O2-. The molecular weight excluding hydrogens is 268 g/mol. The predicted octanol–water partition coefficient (Wildman–Crippen LogP) is 3.29. The molecule has 0 amide bonds. The molecule has 0 N–H and O–H groups in total. The number of halogens is 3. The molecule has 0 heterocycles. The van der Waals surface area contributed by atoms with Crippen molar-refractivity contribution in [3.63, 3.8) is 0 Å². The van der Waals surface area contributed by atoms with E-state index in [1.165, 1.54) is 12.1 Å². The molecule has 0 unspecified atom stereocenters. The summed E-state index contributed by atoms with van der Waals surface area (Å²) in [5.41, 5.74) is 0.369. The summed E-state index contributed by atoms with van der Waals surface area (Å²) in [6.45, 7) is -4.57. The lowest BCUT2D eigenvalue weighted by Gasteiger charge is -2.15. The van der Waals surface area contributed by atoms with Crippen molar-refractivity contribution in [2.24, 2.45) is 0 Å². The van der Waals surface area contributed by atoms with Gasteiger partial charge in [-0.1, -0.05) is 42.5 Å². The van der Waals surface area contributed by atoms with Gasteiger partial charge in [-0.15, -0.1) is 5.46 Å². The molecule has 0 aliphatic heterocycles. The Hall–Kier alpha value is -1.95. The second-order valence-corrected chi connectivity index (χ2v) is 4.24. The van der Waals surface area contributed by atoms with E-state index in [0.29, 0.717) is 12.4 Å². The molecule has 0 bridgehead atoms. The van der Waals surface area contributed by atoms with E-state index in [4.69, 9.17) is 9.47 Å². The zero-order chi connectivity index (χ0) is 14.4. The highest BCUT2D eigenvalue weighted by atomic mass is 19.4. The first kappa shape index (κ1) is 14.5. The maximum atomic E-state index is 12.4. The Morgan fingerprint density at radius 1 is 0.850 bits per heavy atom. The van der Waals surface area contributed by atoms with Gasteiger partial charge in [-0.3, -0.25) is 0 Å². The lowest BCUT2D eigenvalue weighted by Crippen LogP contribution is -2.33. The Morgan fingerprint density at radius 2 is 1.50 bits per heavy atom. The molecule has 0 aromatic heterocycles. The van der Waals surface area contributed by atoms with Gasteiger partial charge >= 0.3 is 6.98 Å². The fourth-order valence-electron chi connectivity index (χ4n) is 1.63. The standard InChI is InChI=1S/C14H13BF3O2/c16-15(17,18)13-6-8-14(9-7-13)20-11-19-10-12-4-2-1-3-5-12/h1-9H,10-11H2/q-1. The summed E-state index contributed by atoms with van der Waals surface area (Å²) >= 11 is 0. The molecule has 20 heavy (non-hydrogen) atoms. The maximum absolute atomic E-state index is 12.4. The summed E-state index contributed by atoms with van der Waals surface area (Å²) in [5, 5.41) is 0. The van der Waals surface area contributed by atoms with Gasteiger partial charge in [-0.05, 0) is 17.7 Å². The van der Waals surface area contributed by atoms with Crippen LogP contribution in [0.2, 0.25) is 0 Å². The maximum Gasteiger partial charge on any atom is 0.509 e. The third-order valence-electron chi connectivity index (χ3n) is 2.68. The third kappa shape index (κ3) is 4.31. The average molecular weight is 281 g/mol. The molecule has 2 aromatic rings. The molecule has 0 aliphatic rings. The molecule has 2 rings (SSSR count). The van der Waals surface area contributed by atoms with Gasteiger partial charge in [0.25, 0.3) is 0 Å². The lowest BCUT2D eigenvalue weighted by molar-refractivity contribution is 0.00506. The van der Waals surface area contributed by atoms with E-state index in [9.17, 15) is 12.9 Å². The van der Waals surface area contributed by atoms with Crippen LogP contribution in [0.5, 0.6) is 5.75 Å². The van der Waals surface area contributed by atoms with Gasteiger partial charge in [0.15, 0.2) is 6.79 Å². The third-order valence-corrected chi connectivity index (χ3v) is 2.68. The first-order valence-electron chi connectivity index (χ1n) is 6.10. The first-order chi connectivity index (χ1) is 9.55. The van der Waals surface area contributed by atoms with E-state index in [2.05, 4.69) is 0 Å². The fraction of sp³-hybridized carbons (Fsp3) is 0.143. The van der Waals surface area contributed by atoms with Gasteiger partial charge in [-0.2, -0.15) is 0 Å². The molecule has 106 valence electrons. The molecule has 2 aromatic carbocycles. The lowest BCUT2D eigenvalue weighted by atomic mass is 9.80. The Labute approximate surface area is 115 Å². The number of ether oxygens (including phenoxy) is 2. The largest absolute Gasteiger partial charge is 0.509 e. The van der Waals surface area contributed by atoms with E-state index in [1.807, 2.05) is 30.3 Å². The predicted molar refractivity (Wildman–Crippen MR) is 71.9 cm³/mol. The van der Waals surface area contributed by atoms with Crippen LogP contribution in [0.1, 0.15) is 5.56 Å². The minimum absolute atomic E-state index is 0.00853. The normalized spacial score (nSPS) is 11.3. The van der Waals surface area contributed by atoms with Crippen molar-refractivity contribution in [2.45, 2.75) is 6.61 Å². The molecule has 0 atom stereocenters. The van der Waals surface area contributed by atoms with Gasteiger partial charge in [0.2, 0.25) is 0 Å². The van der Waals surface area contributed by atoms with Crippen LogP contribution in [0.15, 0.2) is 54.6 Å². The SMILES string of the molecule is F[B-](F)(F)c1ccc(OCOCc2ccccc2)cc1. The van der Waals surface area contributed by atoms with Gasteiger partial charge in [-0.25, -0.2) is 0 Å². The summed E-state index contributed by atoms with van der Waals surface area (Å²) in [7, 11) is 0. The first-order valence-corrected chi connectivity index (χ1v) is 6.10. The zero-order valence-corrected chi connectivity index (χ0v) is 10.6. The molecule has 2 nitrogen and oxygen atoms in total. The Bertz CT molecular complexity index is 526. The molecule has 0 saturated heterocycles. The van der Waals surface area contributed by atoms with Crippen LogP contribution in [0.4, 0.5) is 12.9 Å². The fourth-order valence-corrected chi connectivity index (χ4v) is 1.63. The Balaban J connectivity index is 1.77. The van der Waals surface area contributed by atoms with Gasteiger partial charge in [0.05, 0.1) is 6.61 Å².